The molecule has 1 aliphatic rings. The maximum atomic E-state index is 9.96. The molecule has 0 fully saturated rings. The molecule has 0 aliphatic heterocycles. The van der Waals surface area contributed by atoms with Crippen LogP contribution < -0.4 is 0 Å². The summed E-state index contributed by atoms with van der Waals surface area (Å²) in [5, 5.41) is 19.8. The average molecular weight is 241 g/mol. The van der Waals surface area contributed by atoms with Gasteiger partial charge in [-0.2, -0.15) is 0 Å². The summed E-state index contributed by atoms with van der Waals surface area (Å²) in [5.74, 6) is 0.156. The van der Waals surface area contributed by atoms with Gasteiger partial charge in [-0.15, -0.1) is 0 Å². The molecule has 1 aromatic carbocycles. The van der Waals surface area contributed by atoms with Crippen molar-refractivity contribution in [3.8, 4) is 5.75 Å². The maximum Gasteiger partial charge on any atom is 0.137 e. The van der Waals surface area contributed by atoms with Crippen LogP contribution in [0.15, 0.2) is 6.07 Å². The molecule has 1 aliphatic carbocycles. The van der Waals surface area contributed by atoms with Crippen molar-refractivity contribution in [1.29, 1.82) is 0 Å². The standard InChI is InChI=1S/C13H17ClO2/c1-8(15)6-11-10-5-3-2-4-9(10)7-12(14)13(11)16/h7-8,15-16H,2-6H2,1H3. The summed E-state index contributed by atoms with van der Waals surface area (Å²) in [4.78, 5) is 0. The van der Waals surface area contributed by atoms with E-state index >= 15 is 0 Å². The van der Waals surface area contributed by atoms with E-state index in [1.807, 2.05) is 6.07 Å². The zero-order valence-electron chi connectivity index (χ0n) is 9.46. The minimum atomic E-state index is -0.449. The van der Waals surface area contributed by atoms with Gasteiger partial charge < -0.3 is 10.2 Å². The van der Waals surface area contributed by atoms with Crippen LogP contribution in [0.4, 0.5) is 0 Å². The monoisotopic (exact) mass is 240 g/mol. The fourth-order valence-corrected chi connectivity index (χ4v) is 2.70. The van der Waals surface area contributed by atoms with Gasteiger partial charge in [0.15, 0.2) is 0 Å². The molecule has 88 valence electrons. The number of fused-ring (bicyclic) bond motifs is 1. The number of benzene rings is 1. The fraction of sp³-hybridized carbons (Fsp3) is 0.538. The summed E-state index contributed by atoms with van der Waals surface area (Å²) < 4.78 is 0. The molecule has 2 rings (SSSR count). The quantitative estimate of drug-likeness (QED) is 0.835. The second-order valence-electron chi connectivity index (χ2n) is 4.58. The Morgan fingerprint density at radius 1 is 1.38 bits per heavy atom. The van der Waals surface area contributed by atoms with Crippen molar-refractivity contribution < 1.29 is 10.2 Å². The Balaban J connectivity index is 2.50. The Bertz CT molecular complexity index is 399. The Kier molecular flexibility index (Phi) is 3.41. The first kappa shape index (κ1) is 11.7. The molecule has 2 nitrogen and oxygen atoms in total. The zero-order valence-corrected chi connectivity index (χ0v) is 10.2. The number of phenolic OH excluding ortho intramolecular Hbond substituents is 1. The number of aromatic hydroxyl groups is 1. The largest absolute Gasteiger partial charge is 0.506 e. The highest BCUT2D eigenvalue weighted by Gasteiger charge is 2.20. The van der Waals surface area contributed by atoms with E-state index in [1.54, 1.807) is 6.92 Å². The van der Waals surface area contributed by atoms with Gasteiger partial charge in [-0.05, 0) is 49.8 Å². The molecule has 0 spiro atoms. The van der Waals surface area contributed by atoms with Crippen LogP contribution in [0.3, 0.4) is 0 Å². The highest BCUT2D eigenvalue weighted by molar-refractivity contribution is 6.32. The highest BCUT2D eigenvalue weighted by Crippen LogP contribution is 2.37. The van der Waals surface area contributed by atoms with Crippen LogP contribution >= 0.6 is 11.6 Å². The number of hydrogen-bond acceptors (Lipinski definition) is 2. The van der Waals surface area contributed by atoms with E-state index in [0.29, 0.717) is 11.4 Å². The molecule has 0 radical (unpaired) electrons. The Morgan fingerprint density at radius 3 is 2.75 bits per heavy atom. The maximum absolute atomic E-state index is 9.96. The van der Waals surface area contributed by atoms with Gasteiger partial charge in [0.2, 0.25) is 0 Å². The predicted molar refractivity (Wildman–Crippen MR) is 65.1 cm³/mol. The van der Waals surface area contributed by atoms with Crippen molar-refractivity contribution in [3.63, 3.8) is 0 Å². The normalized spacial score (nSPS) is 16.9. The first-order chi connectivity index (χ1) is 7.59. The zero-order chi connectivity index (χ0) is 11.7. The summed E-state index contributed by atoms with van der Waals surface area (Å²) in [5.41, 5.74) is 3.29. The predicted octanol–water partition coefficient (Wildman–Crippen LogP) is 2.85. The third-order valence-electron chi connectivity index (χ3n) is 3.19. The molecular weight excluding hydrogens is 224 g/mol. The minimum Gasteiger partial charge on any atom is -0.506 e. The fourth-order valence-electron chi connectivity index (χ4n) is 2.46. The molecule has 3 heteroatoms. The SMILES string of the molecule is CC(O)Cc1c(O)c(Cl)cc2c1CCCC2. The third-order valence-corrected chi connectivity index (χ3v) is 3.48. The number of rotatable bonds is 2. The summed E-state index contributed by atoms with van der Waals surface area (Å²) in [7, 11) is 0. The second kappa shape index (κ2) is 4.64. The lowest BCUT2D eigenvalue weighted by molar-refractivity contribution is 0.194. The van der Waals surface area contributed by atoms with E-state index in [-0.39, 0.29) is 5.75 Å². The van der Waals surface area contributed by atoms with Crippen LogP contribution in [0, 0.1) is 0 Å². The van der Waals surface area contributed by atoms with Crippen LogP contribution in [-0.2, 0) is 19.3 Å². The molecule has 0 saturated heterocycles. The molecule has 1 unspecified atom stereocenters. The van der Waals surface area contributed by atoms with Crippen LogP contribution in [-0.4, -0.2) is 16.3 Å². The van der Waals surface area contributed by atoms with Gasteiger partial charge in [0.05, 0.1) is 11.1 Å². The van der Waals surface area contributed by atoms with Crippen molar-refractivity contribution in [2.45, 2.75) is 45.1 Å². The number of phenols is 1. The van der Waals surface area contributed by atoms with E-state index in [4.69, 9.17) is 11.6 Å². The molecule has 0 bridgehead atoms. The molecule has 2 N–H and O–H groups in total. The van der Waals surface area contributed by atoms with Gasteiger partial charge in [-0.25, -0.2) is 0 Å². The number of aliphatic hydroxyl groups is 1. The summed E-state index contributed by atoms with van der Waals surface area (Å²) in [6.07, 6.45) is 4.39. The minimum absolute atomic E-state index is 0.156. The van der Waals surface area contributed by atoms with E-state index in [2.05, 4.69) is 0 Å². The number of halogens is 1. The lowest BCUT2D eigenvalue weighted by Crippen LogP contribution is -2.12. The number of aliphatic hydroxyl groups excluding tert-OH is 1. The molecule has 0 aromatic heterocycles. The lowest BCUT2D eigenvalue weighted by Gasteiger charge is -2.22. The molecular formula is C13H17ClO2. The van der Waals surface area contributed by atoms with Crippen LogP contribution in [0.1, 0.15) is 36.5 Å². The average Bonchev–Trinajstić information content (AvgIpc) is 2.24. The van der Waals surface area contributed by atoms with Gasteiger partial charge in [0.1, 0.15) is 5.75 Å². The Hall–Kier alpha value is -0.730. The molecule has 0 amide bonds. The molecule has 16 heavy (non-hydrogen) atoms. The topological polar surface area (TPSA) is 40.5 Å². The highest BCUT2D eigenvalue weighted by atomic mass is 35.5. The van der Waals surface area contributed by atoms with E-state index in [1.165, 1.54) is 17.5 Å². The smallest absolute Gasteiger partial charge is 0.137 e. The lowest BCUT2D eigenvalue weighted by atomic mass is 9.86. The van der Waals surface area contributed by atoms with E-state index < -0.39 is 6.10 Å². The van der Waals surface area contributed by atoms with Crippen molar-refractivity contribution >= 4 is 11.6 Å². The summed E-state index contributed by atoms with van der Waals surface area (Å²) >= 11 is 6.00. The first-order valence-corrected chi connectivity index (χ1v) is 6.17. The molecule has 1 atom stereocenters. The van der Waals surface area contributed by atoms with E-state index in [0.717, 1.165) is 24.8 Å². The van der Waals surface area contributed by atoms with Gasteiger partial charge >= 0.3 is 0 Å². The molecule has 0 saturated carbocycles. The van der Waals surface area contributed by atoms with Crippen LogP contribution in [0.2, 0.25) is 5.02 Å². The van der Waals surface area contributed by atoms with Gasteiger partial charge in [0, 0.05) is 12.0 Å². The molecule has 0 heterocycles. The van der Waals surface area contributed by atoms with Crippen molar-refractivity contribution in [3.05, 3.63) is 27.8 Å². The van der Waals surface area contributed by atoms with Crippen LogP contribution in [0.25, 0.3) is 0 Å². The third kappa shape index (κ3) is 2.18. The van der Waals surface area contributed by atoms with Crippen LogP contribution in [0.5, 0.6) is 5.75 Å². The second-order valence-corrected chi connectivity index (χ2v) is 4.99. The summed E-state index contributed by atoms with van der Waals surface area (Å²) in [6, 6.07) is 1.87. The van der Waals surface area contributed by atoms with Crippen molar-refractivity contribution in [2.24, 2.45) is 0 Å². The Morgan fingerprint density at radius 2 is 2.06 bits per heavy atom. The van der Waals surface area contributed by atoms with E-state index in [9.17, 15) is 10.2 Å². The summed E-state index contributed by atoms with van der Waals surface area (Å²) in [6.45, 7) is 1.73. The van der Waals surface area contributed by atoms with Gasteiger partial charge in [-0.1, -0.05) is 11.6 Å². The Labute approximate surface area is 101 Å². The molecule has 1 aromatic rings. The first-order valence-electron chi connectivity index (χ1n) is 5.79. The van der Waals surface area contributed by atoms with Gasteiger partial charge in [-0.3, -0.25) is 0 Å². The van der Waals surface area contributed by atoms with Gasteiger partial charge in [0.25, 0.3) is 0 Å². The number of aryl methyl sites for hydroxylation is 1. The number of hydrogen-bond donors (Lipinski definition) is 2. The van der Waals surface area contributed by atoms with Crippen molar-refractivity contribution in [2.75, 3.05) is 0 Å². The van der Waals surface area contributed by atoms with Crippen molar-refractivity contribution in [1.82, 2.24) is 0 Å².